The van der Waals surface area contributed by atoms with E-state index in [2.05, 4.69) is 10.5 Å². The fraction of sp³-hybridized carbons (Fsp3) is 0.125. The molecule has 2 aromatic carbocycles. The molecule has 0 radical (unpaired) electrons. The van der Waals surface area contributed by atoms with Crippen LogP contribution in [0.5, 0.6) is 11.5 Å². The van der Waals surface area contributed by atoms with Crippen LogP contribution in [0.2, 0.25) is 0 Å². The highest BCUT2D eigenvalue weighted by molar-refractivity contribution is 5.95. The summed E-state index contributed by atoms with van der Waals surface area (Å²) in [7, 11) is 0. The Morgan fingerprint density at radius 3 is 2.24 bits per heavy atom. The summed E-state index contributed by atoms with van der Waals surface area (Å²) in [5.41, 5.74) is 5.10. The van der Waals surface area contributed by atoms with Crippen molar-refractivity contribution in [1.82, 2.24) is 5.43 Å². The van der Waals surface area contributed by atoms with Crippen LogP contribution in [-0.4, -0.2) is 22.3 Å². The van der Waals surface area contributed by atoms with E-state index < -0.39 is 0 Å². The second-order valence-corrected chi connectivity index (χ2v) is 4.75. The van der Waals surface area contributed by atoms with Crippen molar-refractivity contribution in [3.05, 3.63) is 58.7 Å². The summed E-state index contributed by atoms with van der Waals surface area (Å²) in [4.78, 5) is 11.8. The van der Waals surface area contributed by atoms with E-state index in [0.29, 0.717) is 5.56 Å². The highest BCUT2D eigenvalue weighted by Crippen LogP contribution is 2.21. The number of phenolic OH excluding ortho intramolecular Hbond substituents is 2. The first kappa shape index (κ1) is 14.6. The van der Waals surface area contributed by atoms with Crippen LogP contribution in [0.4, 0.5) is 0 Å². The predicted molar refractivity (Wildman–Crippen MR) is 80.7 cm³/mol. The summed E-state index contributed by atoms with van der Waals surface area (Å²) < 4.78 is 0. The molecule has 0 aliphatic carbocycles. The minimum atomic E-state index is -0.363. The number of phenols is 2. The molecule has 0 spiro atoms. The van der Waals surface area contributed by atoms with E-state index in [1.54, 1.807) is 26.0 Å². The first-order valence-electron chi connectivity index (χ1n) is 6.40. The van der Waals surface area contributed by atoms with Gasteiger partial charge in [0.05, 0.1) is 6.21 Å². The Kier molecular flexibility index (Phi) is 4.23. The molecule has 0 atom stereocenters. The van der Waals surface area contributed by atoms with E-state index in [1.165, 1.54) is 30.5 Å². The molecule has 21 heavy (non-hydrogen) atoms. The van der Waals surface area contributed by atoms with Gasteiger partial charge >= 0.3 is 0 Å². The van der Waals surface area contributed by atoms with Crippen LogP contribution in [0.1, 0.15) is 27.0 Å². The number of hydrogen-bond acceptors (Lipinski definition) is 4. The first-order chi connectivity index (χ1) is 9.97. The Labute approximate surface area is 122 Å². The number of nitrogens with one attached hydrogen (secondary N) is 1. The molecule has 3 N–H and O–H groups in total. The SMILES string of the molecule is Cc1cc(/C=N\NC(=O)c2ccc(O)cc2)cc(C)c1O. The summed E-state index contributed by atoms with van der Waals surface area (Å²) >= 11 is 0. The van der Waals surface area contributed by atoms with Gasteiger partial charge in [-0.05, 0) is 66.9 Å². The molecule has 2 rings (SSSR count). The lowest BCUT2D eigenvalue weighted by molar-refractivity contribution is 0.0955. The van der Waals surface area contributed by atoms with E-state index in [1.807, 2.05) is 0 Å². The van der Waals surface area contributed by atoms with Gasteiger partial charge in [0.2, 0.25) is 0 Å². The number of amides is 1. The van der Waals surface area contributed by atoms with Crippen molar-refractivity contribution in [3.63, 3.8) is 0 Å². The van der Waals surface area contributed by atoms with Crippen LogP contribution >= 0.6 is 0 Å². The maximum Gasteiger partial charge on any atom is 0.271 e. The van der Waals surface area contributed by atoms with Crippen molar-refractivity contribution in [3.8, 4) is 11.5 Å². The van der Waals surface area contributed by atoms with Gasteiger partial charge in [-0.15, -0.1) is 0 Å². The highest BCUT2D eigenvalue weighted by Gasteiger charge is 2.04. The first-order valence-corrected chi connectivity index (χ1v) is 6.40. The molecule has 0 saturated carbocycles. The topological polar surface area (TPSA) is 81.9 Å². The third-order valence-corrected chi connectivity index (χ3v) is 3.02. The second-order valence-electron chi connectivity index (χ2n) is 4.75. The third-order valence-electron chi connectivity index (χ3n) is 3.02. The molecule has 0 unspecified atom stereocenters. The molecule has 0 aliphatic rings. The summed E-state index contributed by atoms with van der Waals surface area (Å²) in [6, 6.07) is 9.44. The Balaban J connectivity index is 2.05. The monoisotopic (exact) mass is 284 g/mol. The highest BCUT2D eigenvalue weighted by atomic mass is 16.3. The maximum atomic E-state index is 11.8. The lowest BCUT2D eigenvalue weighted by Gasteiger charge is -2.04. The molecule has 0 aromatic heterocycles. The van der Waals surface area contributed by atoms with E-state index in [-0.39, 0.29) is 17.4 Å². The van der Waals surface area contributed by atoms with Crippen molar-refractivity contribution < 1.29 is 15.0 Å². The van der Waals surface area contributed by atoms with Gasteiger partial charge in [0.1, 0.15) is 11.5 Å². The Hall–Kier alpha value is -2.82. The number of aromatic hydroxyl groups is 2. The van der Waals surface area contributed by atoms with Crippen LogP contribution in [0.25, 0.3) is 0 Å². The smallest absolute Gasteiger partial charge is 0.271 e. The van der Waals surface area contributed by atoms with Gasteiger partial charge in [0.15, 0.2) is 0 Å². The van der Waals surface area contributed by atoms with E-state index in [9.17, 15) is 9.90 Å². The van der Waals surface area contributed by atoms with Crippen molar-refractivity contribution in [2.45, 2.75) is 13.8 Å². The average molecular weight is 284 g/mol. The second kappa shape index (κ2) is 6.09. The minimum absolute atomic E-state index is 0.102. The molecule has 0 saturated heterocycles. The van der Waals surface area contributed by atoms with E-state index in [4.69, 9.17) is 5.11 Å². The van der Waals surface area contributed by atoms with Crippen LogP contribution in [-0.2, 0) is 0 Å². The van der Waals surface area contributed by atoms with E-state index >= 15 is 0 Å². The normalized spacial score (nSPS) is 10.8. The molecule has 0 fully saturated rings. The number of hydrogen-bond donors (Lipinski definition) is 3. The molecule has 5 nitrogen and oxygen atoms in total. The number of aryl methyl sites for hydroxylation is 2. The Bertz CT molecular complexity index is 668. The predicted octanol–water partition coefficient (Wildman–Crippen LogP) is 2.48. The van der Waals surface area contributed by atoms with Gasteiger partial charge in [-0.1, -0.05) is 0 Å². The van der Waals surface area contributed by atoms with Crippen LogP contribution in [0.3, 0.4) is 0 Å². The molecule has 2 aromatic rings. The molecule has 1 amide bonds. The number of hydrazone groups is 1. The number of rotatable bonds is 3. The zero-order chi connectivity index (χ0) is 15.4. The fourth-order valence-electron chi connectivity index (χ4n) is 1.91. The molecule has 0 aliphatic heterocycles. The van der Waals surface area contributed by atoms with Crippen molar-refractivity contribution in [1.29, 1.82) is 0 Å². The lowest BCUT2D eigenvalue weighted by Crippen LogP contribution is -2.17. The maximum absolute atomic E-state index is 11.8. The zero-order valence-electron chi connectivity index (χ0n) is 11.8. The molecular weight excluding hydrogens is 268 g/mol. The third kappa shape index (κ3) is 3.60. The molecule has 5 heteroatoms. The van der Waals surface area contributed by atoms with Crippen LogP contribution in [0, 0.1) is 13.8 Å². The summed E-state index contributed by atoms with van der Waals surface area (Å²) in [5, 5.41) is 22.7. The molecule has 108 valence electrons. The number of carbonyl (C=O) groups is 1. The van der Waals surface area contributed by atoms with Gasteiger partial charge in [0.25, 0.3) is 5.91 Å². The van der Waals surface area contributed by atoms with Gasteiger partial charge in [-0.25, -0.2) is 5.43 Å². The van der Waals surface area contributed by atoms with Gasteiger partial charge in [-0.3, -0.25) is 4.79 Å². The summed E-state index contributed by atoms with van der Waals surface area (Å²) in [5.74, 6) is 0.00356. The standard InChI is InChI=1S/C16H16N2O3/c1-10-7-12(8-11(2)15(10)20)9-17-18-16(21)13-3-5-14(19)6-4-13/h3-9,19-20H,1-2H3,(H,18,21)/b17-9-. The molecule has 0 bridgehead atoms. The summed E-state index contributed by atoms with van der Waals surface area (Å²) in [6.07, 6.45) is 1.51. The van der Waals surface area contributed by atoms with Crippen molar-refractivity contribution >= 4 is 12.1 Å². The number of carbonyl (C=O) groups excluding carboxylic acids is 1. The Morgan fingerprint density at radius 2 is 1.67 bits per heavy atom. The zero-order valence-corrected chi connectivity index (χ0v) is 11.8. The van der Waals surface area contributed by atoms with Crippen molar-refractivity contribution in [2.75, 3.05) is 0 Å². The van der Waals surface area contributed by atoms with Gasteiger partial charge < -0.3 is 10.2 Å². The van der Waals surface area contributed by atoms with Gasteiger partial charge in [0, 0.05) is 5.56 Å². The fourth-order valence-corrected chi connectivity index (χ4v) is 1.91. The minimum Gasteiger partial charge on any atom is -0.508 e. The summed E-state index contributed by atoms with van der Waals surface area (Å²) in [6.45, 7) is 3.60. The van der Waals surface area contributed by atoms with Crippen LogP contribution < -0.4 is 5.43 Å². The van der Waals surface area contributed by atoms with Crippen LogP contribution in [0.15, 0.2) is 41.5 Å². The van der Waals surface area contributed by atoms with E-state index in [0.717, 1.165) is 16.7 Å². The van der Waals surface area contributed by atoms with Gasteiger partial charge in [-0.2, -0.15) is 5.10 Å². The quantitative estimate of drug-likeness (QED) is 0.598. The van der Waals surface area contributed by atoms with Crippen molar-refractivity contribution in [2.24, 2.45) is 5.10 Å². The average Bonchev–Trinajstić information content (AvgIpc) is 2.45. The number of benzene rings is 2. The number of nitrogens with zero attached hydrogens (tertiary/aromatic N) is 1. The largest absolute Gasteiger partial charge is 0.508 e. The lowest BCUT2D eigenvalue weighted by atomic mass is 10.1. The molecule has 0 heterocycles. The molecular formula is C16H16N2O3. The Morgan fingerprint density at radius 1 is 1.10 bits per heavy atom.